The molecule has 1 aromatic rings. The lowest BCUT2D eigenvalue weighted by Gasteiger charge is -2.31. The normalized spacial score (nSPS) is 20.9. The third-order valence-electron chi connectivity index (χ3n) is 5.71. The maximum Gasteiger partial charge on any atom is 0.0802 e. The van der Waals surface area contributed by atoms with E-state index >= 15 is 0 Å². The Bertz CT molecular complexity index is 479. The van der Waals surface area contributed by atoms with E-state index in [1.54, 1.807) is 0 Å². The lowest BCUT2D eigenvalue weighted by atomic mass is 9.89. The van der Waals surface area contributed by atoms with Crippen LogP contribution in [0.15, 0.2) is 18.2 Å². The first-order valence-corrected chi connectivity index (χ1v) is 9.24. The number of fused-ring (bicyclic) bond motifs is 1. The fourth-order valence-electron chi connectivity index (χ4n) is 4.16. The first-order valence-electron chi connectivity index (χ1n) is 9.24. The molecule has 22 heavy (non-hydrogen) atoms. The van der Waals surface area contributed by atoms with E-state index in [2.05, 4.69) is 30.1 Å². The molecule has 2 nitrogen and oxygen atoms in total. The zero-order valence-corrected chi connectivity index (χ0v) is 14.1. The van der Waals surface area contributed by atoms with Crippen LogP contribution in [0.1, 0.15) is 74.2 Å². The fraction of sp³-hybridized carbons (Fsp3) is 0.700. The average molecular weight is 301 g/mol. The van der Waals surface area contributed by atoms with E-state index in [1.807, 2.05) is 0 Å². The molecule has 1 atom stereocenters. The van der Waals surface area contributed by atoms with Crippen LogP contribution in [0.3, 0.4) is 0 Å². The maximum absolute atomic E-state index is 10.5. The molecule has 0 spiro atoms. The predicted octanol–water partition coefficient (Wildman–Crippen LogP) is 4.25. The van der Waals surface area contributed by atoms with Gasteiger partial charge < -0.3 is 10.0 Å². The predicted molar refractivity (Wildman–Crippen MR) is 92.2 cm³/mol. The number of aryl methyl sites for hydroxylation is 2. The molecule has 2 heteroatoms. The monoisotopic (exact) mass is 301 g/mol. The first kappa shape index (κ1) is 16.0. The highest BCUT2D eigenvalue weighted by Crippen LogP contribution is 2.27. The summed E-state index contributed by atoms with van der Waals surface area (Å²) >= 11 is 0. The number of hydrogen-bond donors (Lipinski definition) is 1. The van der Waals surface area contributed by atoms with Crippen LogP contribution in [-0.2, 0) is 12.8 Å². The summed E-state index contributed by atoms with van der Waals surface area (Å²) in [4.78, 5) is 2.47. The third-order valence-corrected chi connectivity index (χ3v) is 5.71. The molecule has 0 radical (unpaired) electrons. The highest BCUT2D eigenvalue weighted by Gasteiger charge is 2.19. The molecule has 2 aliphatic rings. The van der Waals surface area contributed by atoms with E-state index in [1.165, 1.54) is 68.9 Å². The summed E-state index contributed by atoms with van der Waals surface area (Å²) < 4.78 is 0. The van der Waals surface area contributed by atoms with Crippen LogP contribution in [0.25, 0.3) is 0 Å². The molecule has 0 saturated heterocycles. The Morgan fingerprint density at radius 1 is 1.05 bits per heavy atom. The zero-order chi connectivity index (χ0) is 15.4. The van der Waals surface area contributed by atoms with Crippen LogP contribution < -0.4 is 0 Å². The number of nitrogens with zero attached hydrogens (tertiary/aromatic N) is 1. The van der Waals surface area contributed by atoms with Crippen molar-refractivity contribution in [3.8, 4) is 0 Å². The van der Waals surface area contributed by atoms with Crippen LogP contribution in [0.5, 0.6) is 0 Å². The summed E-state index contributed by atoms with van der Waals surface area (Å²) in [5.74, 6) is 0. The first-order chi connectivity index (χ1) is 10.7. The molecular formula is C20H31NO. The van der Waals surface area contributed by atoms with E-state index in [0.29, 0.717) is 0 Å². The number of aliphatic hydroxyl groups excluding tert-OH is 1. The largest absolute Gasteiger partial charge is 0.388 e. The minimum absolute atomic E-state index is 0.307. The minimum Gasteiger partial charge on any atom is -0.388 e. The molecule has 1 N–H and O–H groups in total. The summed E-state index contributed by atoms with van der Waals surface area (Å²) in [5.41, 5.74) is 4.10. The SMILES string of the molecule is CN(CCC(O)c1ccc2c(c1)CCCC2)C1CCCCC1. The molecule has 1 saturated carbocycles. The van der Waals surface area contributed by atoms with Crippen molar-refractivity contribution in [3.05, 3.63) is 34.9 Å². The second-order valence-electron chi connectivity index (χ2n) is 7.31. The van der Waals surface area contributed by atoms with Crippen molar-refractivity contribution in [3.63, 3.8) is 0 Å². The molecule has 122 valence electrons. The molecule has 0 bridgehead atoms. The Morgan fingerprint density at radius 2 is 1.77 bits per heavy atom. The summed E-state index contributed by atoms with van der Waals surface area (Å²) in [7, 11) is 2.23. The molecule has 1 fully saturated rings. The Morgan fingerprint density at radius 3 is 2.55 bits per heavy atom. The zero-order valence-electron chi connectivity index (χ0n) is 14.1. The standard InChI is InChI=1S/C20H31NO/c1-21(19-9-3-2-4-10-19)14-13-20(22)18-12-11-16-7-5-6-8-17(16)15-18/h11-12,15,19-20,22H,2-10,13-14H2,1H3. The van der Waals surface area contributed by atoms with Gasteiger partial charge in [0.15, 0.2) is 0 Å². The van der Waals surface area contributed by atoms with Crippen molar-refractivity contribution in [2.45, 2.75) is 76.4 Å². The van der Waals surface area contributed by atoms with Gasteiger partial charge in [0.25, 0.3) is 0 Å². The van der Waals surface area contributed by atoms with Gasteiger partial charge in [-0.05, 0) is 68.7 Å². The van der Waals surface area contributed by atoms with Crippen molar-refractivity contribution >= 4 is 0 Å². The Kier molecular flexibility index (Phi) is 5.54. The second kappa shape index (κ2) is 7.61. The van der Waals surface area contributed by atoms with Crippen molar-refractivity contribution in [1.82, 2.24) is 4.90 Å². The molecule has 2 aliphatic carbocycles. The summed E-state index contributed by atoms with van der Waals surface area (Å²) in [6.07, 6.45) is 12.4. The lowest BCUT2D eigenvalue weighted by Crippen LogP contribution is -2.34. The van der Waals surface area contributed by atoms with Gasteiger partial charge in [0.1, 0.15) is 0 Å². The van der Waals surface area contributed by atoms with Crippen molar-refractivity contribution < 1.29 is 5.11 Å². The number of aliphatic hydroxyl groups is 1. The molecule has 0 heterocycles. The van der Waals surface area contributed by atoms with Crippen LogP contribution in [0, 0.1) is 0 Å². The minimum atomic E-state index is -0.307. The van der Waals surface area contributed by atoms with E-state index in [4.69, 9.17) is 0 Å². The van der Waals surface area contributed by atoms with Gasteiger partial charge in [0.05, 0.1) is 6.10 Å². The second-order valence-corrected chi connectivity index (χ2v) is 7.31. The van der Waals surface area contributed by atoms with Crippen LogP contribution in [-0.4, -0.2) is 29.6 Å². The van der Waals surface area contributed by atoms with Crippen molar-refractivity contribution in [2.24, 2.45) is 0 Å². The highest BCUT2D eigenvalue weighted by molar-refractivity contribution is 5.34. The van der Waals surface area contributed by atoms with Gasteiger partial charge >= 0.3 is 0 Å². The number of benzene rings is 1. The highest BCUT2D eigenvalue weighted by atomic mass is 16.3. The van der Waals surface area contributed by atoms with E-state index < -0.39 is 0 Å². The van der Waals surface area contributed by atoms with Gasteiger partial charge in [-0.15, -0.1) is 0 Å². The third kappa shape index (κ3) is 3.91. The van der Waals surface area contributed by atoms with Crippen LogP contribution >= 0.6 is 0 Å². The molecule has 0 amide bonds. The van der Waals surface area contributed by atoms with E-state index in [0.717, 1.165) is 24.6 Å². The molecule has 1 unspecified atom stereocenters. The Balaban J connectivity index is 1.54. The fourth-order valence-corrected chi connectivity index (χ4v) is 4.16. The van der Waals surface area contributed by atoms with Gasteiger partial charge in [-0.1, -0.05) is 37.5 Å². The molecule has 0 aliphatic heterocycles. The van der Waals surface area contributed by atoms with Crippen LogP contribution in [0.2, 0.25) is 0 Å². The molecule has 0 aromatic heterocycles. The smallest absolute Gasteiger partial charge is 0.0802 e. The molecule has 3 rings (SSSR count). The van der Waals surface area contributed by atoms with Crippen LogP contribution in [0.4, 0.5) is 0 Å². The topological polar surface area (TPSA) is 23.5 Å². The van der Waals surface area contributed by atoms with Gasteiger partial charge in [-0.2, -0.15) is 0 Å². The number of hydrogen-bond acceptors (Lipinski definition) is 2. The van der Waals surface area contributed by atoms with Gasteiger partial charge in [0, 0.05) is 12.6 Å². The number of rotatable bonds is 5. The maximum atomic E-state index is 10.5. The average Bonchev–Trinajstić information content (AvgIpc) is 2.59. The van der Waals surface area contributed by atoms with Gasteiger partial charge in [-0.3, -0.25) is 0 Å². The van der Waals surface area contributed by atoms with Crippen molar-refractivity contribution in [1.29, 1.82) is 0 Å². The van der Waals surface area contributed by atoms with Gasteiger partial charge in [0.2, 0.25) is 0 Å². The van der Waals surface area contributed by atoms with E-state index in [9.17, 15) is 5.11 Å². The van der Waals surface area contributed by atoms with Crippen molar-refractivity contribution in [2.75, 3.05) is 13.6 Å². The van der Waals surface area contributed by atoms with E-state index in [-0.39, 0.29) is 6.10 Å². The molecule has 1 aromatic carbocycles. The Hall–Kier alpha value is -0.860. The lowest BCUT2D eigenvalue weighted by molar-refractivity contribution is 0.125. The summed E-state index contributed by atoms with van der Waals surface area (Å²) in [5, 5.41) is 10.5. The molecular weight excluding hydrogens is 270 g/mol. The quantitative estimate of drug-likeness (QED) is 0.878. The summed E-state index contributed by atoms with van der Waals surface area (Å²) in [6.45, 7) is 1.00. The summed E-state index contributed by atoms with van der Waals surface area (Å²) in [6, 6.07) is 7.40. The van der Waals surface area contributed by atoms with Gasteiger partial charge in [-0.25, -0.2) is 0 Å². The Labute approximate surface area is 135 Å².